The Labute approximate surface area is 36.5 Å². The summed E-state index contributed by atoms with van der Waals surface area (Å²) in [5, 5.41) is 0. The minimum Gasteiger partial charge on any atom is -0.324 e. The summed E-state index contributed by atoms with van der Waals surface area (Å²) >= 11 is 0. The molecule has 0 saturated carbocycles. The summed E-state index contributed by atoms with van der Waals surface area (Å²) in [6.45, 7) is 0.153. The van der Waals surface area contributed by atoms with Crippen molar-refractivity contribution < 1.29 is 9.50 Å². The Balaban J connectivity index is 2.83. The molecular weight excluding hydrogens is 82.0 g/mol. The van der Waals surface area contributed by atoms with Crippen LogP contribution in [0.3, 0.4) is 0 Å². The molecule has 0 heterocycles. The Morgan fingerprint density at radius 3 is 2.33 bits per heavy atom. The molecule has 0 amide bonds. The second-order valence-electron chi connectivity index (χ2n) is 1.05. The standard InChI is InChI=1S/C3H8NO2/c1-4(5)3-6-2/h3H2,1-2H3/q+1. The van der Waals surface area contributed by atoms with Crippen LogP contribution in [0.15, 0.2) is 0 Å². The lowest BCUT2D eigenvalue weighted by molar-refractivity contribution is -0.558. The lowest BCUT2D eigenvalue weighted by Crippen LogP contribution is -2.03. The van der Waals surface area contributed by atoms with Crippen molar-refractivity contribution in [1.29, 1.82) is 0 Å². The predicted molar refractivity (Wildman–Crippen MR) is 21.4 cm³/mol. The molecule has 0 aliphatic rings. The van der Waals surface area contributed by atoms with E-state index in [1.807, 2.05) is 0 Å². The number of ether oxygens (including phenoxy) is 1. The summed E-state index contributed by atoms with van der Waals surface area (Å²) in [6.07, 6.45) is 0. The largest absolute Gasteiger partial charge is 0.324 e. The van der Waals surface area contributed by atoms with Gasteiger partial charge in [-0.05, 0) is 0 Å². The van der Waals surface area contributed by atoms with Crippen LogP contribution in [0, 0.1) is 4.91 Å². The van der Waals surface area contributed by atoms with Crippen LogP contribution in [-0.4, -0.2) is 25.6 Å². The average molecular weight is 90.1 g/mol. The van der Waals surface area contributed by atoms with Gasteiger partial charge in [0.15, 0.2) is 7.05 Å². The zero-order valence-corrected chi connectivity index (χ0v) is 3.97. The highest BCUT2D eigenvalue weighted by molar-refractivity contribution is 3.87. The third-order valence-corrected chi connectivity index (χ3v) is 0.311. The smallest absolute Gasteiger partial charge is 0.294 e. The topological polar surface area (TPSA) is 29.3 Å². The van der Waals surface area contributed by atoms with Gasteiger partial charge in [0.1, 0.15) is 0 Å². The Kier molecular flexibility index (Phi) is 2.58. The van der Waals surface area contributed by atoms with Gasteiger partial charge in [0.25, 0.3) is 6.73 Å². The van der Waals surface area contributed by atoms with Gasteiger partial charge in [0.05, 0.1) is 0 Å². The van der Waals surface area contributed by atoms with Crippen molar-refractivity contribution in [2.45, 2.75) is 0 Å². The Bertz CT molecular complexity index is 52.8. The van der Waals surface area contributed by atoms with Crippen LogP contribution in [0.4, 0.5) is 0 Å². The predicted octanol–water partition coefficient (Wildman–Crippen LogP) is -0.00100. The van der Waals surface area contributed by atoms with Crippen LogP contribution < -0.4 is 0 Å². The fraction of sp³-hybridized carbons (Fsp3) is 1.00. The van der Waals surface area contributed by atoms with E-state index in [2.05, 4.69) is 4.74 Å². The first-order chi connectivity index (χ1) is 2.77. The van der Waals surface area contributed by atoms with E-state index in [9.17, 15) is 4.91 Å². The van der Waals surface area contributed by atoms with E-state index in [0.29, 0.717) is 4.76 Å². The molecule has 0 aromatic rings. The molecule has 0 unspecified atom stereocenters. The molecule has 0 aliphatic carbocycles. The van der Waals surface area contributed by atoms with E-state index >= 15 is 0 Å². The van der Waals surface area contributed by atoms with Gasteiger partial charge in [-0.15, -0.1) is 0 Å². The molecule has 0 aromatic carbocycles. The van der Waals surface area contributed by atoms with E-state index in [1.165, 1.54) is 14.2 Å². The van der Waals surface area contributed by atoms with Gasteiger partial charge < -0.3 is 4.74 Å². The lowest BCUT2D eigenvalue weighted by Gasteiger charge is -1.78. The molecule has 0 aromatic heterocycles. The van der Waals surface area contributed by atoms with Crippen LogP contribution in [0.25, 0.3) is 0 Å². The molecule has 3 heteroatoms. The van der Waals surface area contributed by atoms with E-state index in [-0.39, 0.29) is 6.73 Å². The minimum absolute atomic E-state index is 0.153. The second kappa shape index (κ2) is 2.78. The molecule has 0 radical (unpaired) electrons. The summed E-state index contributed by atoms with van der Waals surface area (Å²) in [5.74, 6) is 0. The summed E-state index contributed by atoms with van der Waals surface area (Å²) in [6, 6.07) is 0. The fourth-order valence-electron chi connectivity index (χ4n) is 0.182. The van der Waals surface area contributed by atoms with Crippen molar-refractivity contribution in [3.05, 3.63) is 4.91 Å². The molecule has 0 N–H and O–H groups in total. The molecule has 0 atom stereocenters. The van der Waals surface area contributed by atoms with Gasteiger partial charge in [0, 0.05) is 16.8 Å². The average Bonchev–Trinajstić information content (AvgIpc) is 1.35. The fourth-order valence-corrected chi connectivity index (χ4v) is 0.182. The van der Waals surface area contributed by atoms with Crippen LogP contribution in [-0.2, 0) is 4.74 Å². The van der Waals surface area contributed by atoms with E-state index in [1.54, 1.807) is 0 Å². The number of hydrogen-bond acceptors (Lipinski definition) is 2. The van der Waals surface area contributed by atoms with Crippen molar-refractivity contribution in [3.63, 3.8) is 0 Å². The number of methoxy groups -OCH3 is 1. The molecule has 0 spiro atoms. The van der Waals surface area contributed by atoms with Gasteiger partial charge in [-0.2, -0.15) is 0 Å². The first kappa shape index (κ1) is 5.56. The van der Waals surface area contributed by atoms with Gasteiger partial charge in [0.2, 0.25) is 0 Å². The molecule has 36 valence electrons. The molecule has 0 aliphatic heterocycles. The maximum Gasteiger partial charge on any atom is 0.294 e. The highest BCUT2D eigenvalue weighted by atomic mass is 16.5. The molecule has 3 nitrogen and oxygen atoms in total. The molecule has 0 bridgehead atoms. The second-order valence-corrected chi connectivity index (χ2v) is 1.05. The van der Waals surface area contributed by atoms with Crippen molar-refractivity contribution in [3.8, 4) is 0 Å². The normalized spacial score (nSPS) is 8.33. The van der Waals surface area contributed by atoms with Crippen molar-refractivity contribution >= 4 is 0 Å². The Morgan fingerprint density at radius 1 is 1.83 bits per heavy atom. The van der Waals surface area contributed by atoms with Crippen LogP contribution in [0.1, 0.15) is 0 Å². The van der Waals surface area contributed by atoms with Crippen molar-refractivity contribution in [2.24, 2.45) is 0 Å². The zero-order chi connectivity index (χ0) is 4.99. The monoisotopic (exact) mass is 90.1 g/mol. The Hall–Kier alpha value is -0.440. The minimum atomic E-state index is 0.153. The number of nitroso groups, excluding NO2 is 1. The van der Waals surface area contributed by atoms with Crippen molar-refractivity contribution in [2.75, 3.05) is 20.9 Å². The molecule has 6 heavy (non-hydrogen) atoms. The van der Waals surface area contributed by atoms with Gasteiger partial charge >= 0.3 is 0 Å². The number of hydrogen-bond donors (Lipinski definition) is 0. The van der Waals surface area contributed by atoms with Gasteiger partial charge in [-0.1, -0.05) is 0 Å². The van der Waals surface area contributed by atoms with Crippen LogP contribution in [0.5, 0.6) is 0 Å². The number of nitrogens with zero attached hydrogens (tertiary/aromatic N) is 1. The first-order valence-corrected chi connectivity index (χ1v) is 1.64. The van der Waals surface area contributed by atoms with E-state index < -0.39 is 0 Å². The molecule has 0 saturated heterocycles. The molecule has 0 fully saturated rings. The number of rotatable bonds is 2. The van der Waals surface area contributed by atoms with Crippen molar-refractivity contribution in [1.82, 2.24) is 0 Å². The van der Waals surface area contributed by atoms with E-state index in [0.717, 1.165) is 0 Å². The quantitative estimate of drug-likeness (QED) is 0.353. The molecule has 0 rings (SSSR count). The summed E-state index contributed by atoms with van der Waals surface area (Å²) in [7, 11) is 2.89. The van der Waals surface area contributed by atoms with Crippen LogP contribution >= 0.6 is 0 Å². The summed E-state index contributed by atoms with van der Waals surface area (Å²) < 4.78 is 5.12. The zero-order valence-electron chi connectivity index (χ0n) is 3.97. The Morgan fingerprint density at radius 2 is 2.33 bits per heavy atom. The molecular formula is C3H8NO2+. The van der Waals surface area contributed by atoms with E-state index in [4.69, 9.17) is 0 Å². The summed E-state index contributed by atoms with van der Waals surface area (Å²) in [4.78, 5) is 9.84. The third-order valence-electron chi connectivity index (χ3n) is 0.311. The van der Waals surface area contributed by atoms with Gasteiger partial charge in [-0.3, -0.25) is 0 Å². The third kappa shape index (κ3) is 3.56. The highest BCUT2D eigenvalue weighted by Gasteiger charge is 1.89. The summed E-state index contributed by atoms with van der Waals surface area (Å²) in [5.41, 5.74) is 0. The maximum absolute atomic E-state index is 9.84. The highest BCUT2D eigenvalue weighted by Crippen LogP contribution is 1.61. The lowest BCUT2D eigenvalue weighted by atomic mass is 11.1. The SMILES string of the molecule is COC[N+](C)=O. The van der Waals surface area contributed by atoms with Gasteiger partial charge in [-0.25, -0.2) is 0 Å². The maximum atomic E-state index is 9.84. The van der Waals surface area contributed by atoms with Crippen LogP contribution in [0.2, 0.25) is 0 Å². The first-order valence-electron chi connectivity index (χ1n) is 1.64.